The molecular formula is C10H10BrF2N3. The van der Waals surface area contributed by atoms with Gasteiger partial charge >= 0.3 is 0 Å². The number of aromatic nitrogens is 3. The number of halogens is 3. The van der Waals surface area contributed by atoms with Crippen LogP contribution in [0.2, 0.25) is 0 Å². The van der Waals surface area contributed by atoms with Crippen molar-refractivity contribution in [2.75, 3.05) is 0 Å². The molecule has 0 fully saturated rings. The lowest BCUT2D eigenvalue weighted by Crippen LogP contribution is -1.98. The molecule has 16 heavy (non-hydrogen) atoms. The van der Waals surface area contributed by atoms with Crippen LogP contribution in [0.1, 0.15) is 37.6 Å². The molecule has 0 radical (unpaired) electrons. The van der Waals surface area contributed by atoms with Crippen LogP contribution in [0.25, 0.3) is 5.65 Å². The summed E-state index contributed by atoms with van der Waals surface area (Å²) in [5, 5.41) is 0. The number of alkyl halides is 2. The summed E-state index contributed by atoms with van der Waals surface area (Å²) in [6.07, 6.45) is 0.241. The van der Waals surface area contributed by atoms with E-state index in [4.69, 9.17) is 0 Å². The lowest BCUT2D eigenvalue weighted by Gasteiger charge is -2.07. The first-order valence-corrected chi connectivity index (χ1v) is 5.61. The Balaban J connectivity index is 2.65. The van der Waals surface area contributed by atoms with E-state index in [1.165, 1.54) is 16.9 Å². The van der Waals surface area contributed by atoms with Gasteiger partial charge in [-0.15, -0.1) is 0 Å². The van der Waals surface area contributed by atoms with E-state index < -0.39 is 6.43 Å². The van der Waals surface area contributed by atoms with Gasteiger partial charge < -0.3 is 0 Å². The topological polar surface area (TPSA) is 30.2 Å². The molecule has 3 nitrogen and oxygen atoms in total. The van der Waals surface area contributed by atoms with Gasteiger partial charge in [-0.25, -0.2) is 18.7 Å². The van der Waals surface area contributed by atoms with Crippen molar-refractivity contribution in [2.24, 2.45) is 0 Å². The zero-order valence-electron chi connectivity index (χ0n) is 8.78. The van der Waals surface area contributed by atoms with Crippen molar-refractivity contribution in [3.05, 3.63) is 28.4 Å². The van der Waals surface area contributed by atoms with Crippen molar-refractivity contribution in [3.8, 4) is 0 Å². The van der Waals surface area contributed by atoms with Crippen molar-refractivity contribution in [2.45, 2.75) is 26.2 Å². The van der Waals surface area contributed by atoms with Gasteiger partial charge in [-0.2, -0.15) is 0 Å². The first-order valence-electron chi connectivity index (χ1n) is 4.82. The molecule has 0 aliphatic heterocycles. The van der Waals surface area contributed by atoms with Crippen molar-refractivity contribution in [3.63, 3.8) is 0 Å². The number of fused-ring (bicyclic) bond motifs is 1. The third-order valence-corrected chi connectivity index (χ3v) is 3.02. The molecule has 0 N–H and O–H groups in total. The van der Waals surface area contributed by atoms with Gasteiger partial charge in [0.1, 0.15) is 12.0 Å². The molecule has 86 valence electrons. The summed E-state index contributed by atoms with van der Waals surface area (Å²) in [5.74, 6) is 0.214. The normalized spacial score (nSPS) is 11.9. The Morgan fingerprint density at radius 2 is 2.06 bits per heavy atom. The average molecular weight is 290 g/mol. The summed E-state index contributed by atoms with van der Waals surface area (Å²) >= 11 is 3.35. The second-order valence-electron chi connectivity index (χ2n) is 3.80. The fourth-order valence-electron chi connectivity index (χ4n) is 1.47. The number of hydrogen-bond donors (Lipinski definition) is 0. The standard InChI is InChI=1S/C10H10BrF2N3/c1-5(2)8-7(11)10-15-6(9(12)13)3-16(10)4-14-8/h3-5,9H,1-2H3. The van der Waals surface area contributed by atoms with Crippen LogP contribution in [0.3, 0.4) is 0 Å². The maximum Gasteiger partial charge on any atom is 0.281 e. The Morgan fingerprint density at radius 3 is 2.62 bits per heavy atom. The maximum atomic E-state index is 12.5. The molecule has 2 heterocycles. The van der Waals surface area contributed by atoms with Crippen LogP contribution in [0.5, 0.6) is 0 Å². The zero-order valence-corrected chi connectivity index (χ0v) is 10.4. The monoisotopic (exact) mass is 289 g/mol. The molecule has 0 spiro atoms. The van der Waals surface area contributed by atoms with Gasteiger partial charge in [-0.05, 0) is 21.8 Å². The smallest absolute Gasteiger partial charge is 0.281 e. The molecule has 0 saturated heterocycles. The van der Waals surface area contributed by atoms with Crippen molar-refractivity contribution in [1.29, 1.82) is 0 Å². The van der Waals surface area contributed by atoms with Crippen molar-refractivity contribution >= 4 is 21.6 Å². The molecule has 2 rings (SSSR count). The van der Waals surface area contributed by atoms with E-state index in [-0.39, 0.29) is 11.6 Å². The summed E-state index contributed by atoms with van der Waals surface area (Å²) < 4.78 is 27.1. The van der Waals surface area contributed by atoms with Gasteiger partial charge in [0.25, 0.3) is 6.43 Å². The molecule has 0 aliphatic carbocycles. The Bertz CT molecular complexity index is 522. The summed E-state index contributed by atoms with van der Waals surface area (Å²) in [6, 6.07) is 0. The average Bonchev–Trinajstić information content (AvgIpc) is 2.62. The minimum atomic E-state index is -2.56. The lowest BCUT2D eigenvalue weighted by atomic mass is 10.1. The minimum Gasteiger partial charge on any atom is -0.289 e. The fourth-order valence-corrected chi connectivity index (χ4v) is 2.32. The molecule has 0 aromatic carbocycles. The molecule has 0 unspecified atom stereocenters. The highest BCUT2D eigenvalue weighted by molar-refractivity contribution is 9.10. The lowest BCUT2D eigenvalue weighted by molar-refractivity contribution is 0.147. The van der Waals surface area contributed by atoms with Crippen LogP contribution < -0.4 is 0 Å². The highest BCUT2D eigenvalue weighted by Crippen LogP contribution is 2.28. The molecular weight excluding hydrogens is 280 g/mol. The molecule has 2 aromatic heterocycles. The van der Waals surface area contributed by atoms with E-state index in [2.05, 4.69) is 25.9 Å². The van der Waals surface area contributed by atoms with Crippen LogP contribution in [0, 0.1) is 0 Å². The van der Waals surface area contributed by atoms with Gasteiger partial charge in [-0.3, -0.25) is 4.40 Å². The molecule has 0 bridgehead atoms. The maximum absolute atomic E-state index is 12.5. The van der Waals surface area contributed by atoms with Crippen LogP contribution >= 0.6 is 15.9 Å². The molecule has 0 amide bonds. The van der Waals surface area contributed by atoms with Crippen LogP contribution in [0.4, 0.5) is 8.78 Å². The Labute approximate surface area is 99.6 Å². The fraction of sp³-hybridized carbons (Fsp3) is 0.400. The molecule has 0 aliphatic rings. The van der Waals surface area contributed by atoms with Crippen molar-refractivity contribution < 1.29 is 8.78 Å². The second kappa shape index (κ2) is 4.08. The highest BCUT2D eigenvalue weighted by Gasteiger charge is 2.16. The largest absolute Gasteiger partial charge is 0.289 e. The third-order valence-electron chi connectivity index (χ3n) is 2.26. The zero-order chi connectivity index (χ0) is 11.9. The number of nitrogens with zero attached hydrogens (tertiary/aromatic N) is 3. The second-order valence-corrected chi connectivity index (χ2v) is 4.59. The summed E-state index contributed by atoms with van der Waals surface area (Å²) in [7, 11) is 0. The third kappa shape index (κ3) is 1.81. The van der Waals surface area contributed by atoms with Crippen LogP contribution in [-0.2, 0) is 0 Å². The van der Waals surface area contributed by atoms with Crippen molar-refractivity contribution in [1.82, 2.24) is 14.4 Å². The van der Waals surface area contributed by atoms with Gasteiger partial charge in [0.05, 0.1) is 10.2 Å². The predicted molar refractivity (Wildman–Crippen MR) is 59.7 cm³/mol. The number of rotatable bonds is 2. The molecule has 6 heteroatoms. The van der Waals surface area contributed by atoms with Crippen LogP contribution in [0.15, 0.2) is 17.0 Å². The summed E-state index contributed by atoms with van der Waals surface area (Å²) in [4.78, 5) is 8.09. The van der Waals surface area contributed by atoms with Gasteiger partial charge in [0.2, 0.25) is 0 Å². The molecule has 0 saturated carbocycles. The molecule has 2 aromatic rings. The van der Waals surface area contributed by atoms with E-state index >= 15 is 0 Å². The first kappa shape index (κ1) is 11.4. The van der Waals surface area contributed by atoms with Gasteiger partial charge in [-0.1, -0.05) is 13.8 Å². The summed E-state index contributed by atoms with van der Waals surface area (Å²) in [6.45, 7) is 3.97. The molecule has 0 atom stereocenters. The van der Waals surface area contributed by atoms with Crippen LogP contribution in [-0.4, -0.2) is 14.4 Å². The number of hydrogen-bond acceptors (Lipinski definition) is 2. The summed E-state index contributed by atoms with van der Waals surface area (Å²) in [5.41, 5.74) is 1.07. The SMILES string of the molecule is CC(C)c1ncn2cc(C(F)F)nc2c1Br. The number of imidazole rings is 1. The first-order chi connectivity index (χ1) is 7.50. The predicted octanol–water partition coefficient (Wildman–Crippen LogP) is 3.55. The van der Waals surface area contributed by atoms with E-state index in [1.807, 2.05) is 13.8 Å². The van der Waals surface area contributed by atoms with Gasteiger partial charge in [0, 0.05) is 6.20 Å². The van der Waals surface area contributed by atoms with E-state index in [0.29, 0.717) is 10.1 Å². The Morgan fingerprint density at radius 1 is 1.38 bits per heavy atom. The Hall–Kier alpha value is -1.04. The quantitative estimate of drug-likeness (QED) is 0.846. The Kier molecular flexibility index (Phi) is 2.92. The highest BCUT2D eigenvalue weighted by atomic mass is 79.9. The van der Waals surface area contributed by atoms with E-state index in [9.17, 15) is 8.78 Å². The van der Waals surface area contributed by atoms with Gasteiger partial charge in [0.15, 0.2) is 5.65 Å². The van der Waals surface area contributed by atoms with E-state index in [1.54, 1.807) is 0 Å². The van der Waals surface area contributed by atoms with E-state index in [0.717, 1.165) is 5.69 Å². The minimum absolute atomic E-state index is 0.214.